The van der Waals surface area contributed by atoms with Crippen molar-refractivity contribution in [2.75, 3.05) is 19.0 Å². The quantitative estimate of drug-likeness (QED) is 0.627. The van der Waals surface area contributed by atoms with Crippen molar-refractivity contribution in [1.82, 2.24) is 0 Å². The molecule has 1 atom stereocenters. The normalized spacial score (nSPS) is 11.7. The standard InChI is InChI=1S/C17H16Cl2N2O3/c1-24-17(23)12(9-20)16(22)21-15-13(18)7-11(8-14(15)19)10-5-3-2-4-6-10/h2-8,12H,9,20H2,1H3,(H,21,22)/t12-/m0/s1. The number of carbonyl (C=O) groups excluding carboxylic acids is 2. The molecule has 0 saturated carbocycles. The van der Waals surface area contributed by atoms with E-state index in [0.717, 1.165) is 11.1 Å². The molecule has 0 aromatic heterocycles. The molecule has 0 spiro atoms. The highest BCUT2D eigenvalue weighted by molar-refractivity contribution is 6.40. The summed E-state index contributed by atoms with van der Waals surface area (Å²) in [6, 6.07) is 12.9. The van der Waals surface area contributed by atoms with Crippen LogP contribution in [0.3, 0.4) is 0 Å². The molecular weight excluding hydrogens is 351 g/mol. The Labute approximate surface area is 149 Å². The number of halogens is 2. The van der Waals surface area contributed by atoms with E-state index in [1.54, 1.807) is 12.1 Å². The number of esters is 1. The van der Waals surface area contributed by atoms with Crippen LogP contribution in [0.5, 0.6) is 0 Å². The molecule has 0 unspecified atom stereocenters. The summed E-state index contributed by atoms with van der Waals surface area (Å²) < 4.78 is 4.55. The Hall–Kier alpha value is -2.08. The van der Waals surface area contributed by atoms with Crippen molar-refractivity contribution in [2.24, 2.45) is 11.7 Å². The van der Waals surface area contributed by atoms with Crippen LogP contribution < -0.4 is 11.1 Å². The number of methoxy groups -OCH3 is 1. The Morgan fingerprint density at radius 1 is 1.12 bits per heavy atom. The summed E-state index contributed by atoms with van der Waals surface area (Å²) in [6.45, 7) is -0.185. The number of anilines is 1. The van der Waals surface area contributed by atoms with Crippen LogP contribution in [0.15, 0.2) is 42.5 Å². The Bertz CT molecular complexity index is 728. The zero-order chi connectivity index (χ0) is 17.7. The highest BCUT2D eigenvalue weighted by atomic mass is 35.5. The summed E-state index contributed by atoms with van der Waals surface area (Å²) in [5, 5.41) is 3.06. The molecule has 126 valence electrons. The fraction of sp³-hybridized carbons (Fsp3) is 0.176. The third-order valence-electron chi connectivity index (χ3n) is 3.44. The Morgan fingerprint density at radius 2 is 1.71 bits per heavy atom. The van der Waals surface area contributed by atoms with Gasteiger partial charge < -0.3 is 15.8 Å². The molecule has 5 nitrogen and oxygen atoms in total. The summed E-state index contributed by atoms with van der Waals surface area (Å²) in [5.41, 5.74) is 7.43. The van der Waals surface area contributed by atoms with Gasteiger partial charge in [0.2, 0.25) is 5.91 Å². The van der Waals surface area contributed by atoms with Gasteiger partial charge in [0, 0.05) is 6.54 Å². The fourth-order valence-electron chi connectivity index (χ4n) is 2.15. The average molecular weight is 367 g/mol. The Morgan fingerprint density at radius 3 is 2.21 bits per heavy atom. The van der Waals surface area contributed by atoms with Crippen LogP contribution in [0.1, 0.15) is 0 Å². The molecule has 1 amide bonds. The molecule has 0 bridgehead atoms. The summed E-state index contributed by atoms with van der Waals surface area (Å²) >= 11 is 12.5. The smallest absolute Gasteiger partial charge is 0.319 e. The second kappa shape index (κ2) is 8.15. The van der Waals surface area contributed by atoms with Gasteiger partial charge in [-0.3, -0.25) is 9.59 Å². The molecule has 0 fully saturated rings. The number of nitrogens with one attached hydrogen (secondary N) is 1. The van der Waals surface area contributed by atoms with Gasteiger partial charge in [0.05, 0.1) is 22.8 Å². The minimum atomic E-state index is -1.13. The average Bonchev–Trinajstić information content (AvgIpc) is 2.59. The van der Waals surface area contributed by atoms with Gasteiger partial charge >= 0.3 is 5.97 Å². The van der Waals surface area contributed by atoms with Gasteiger partial charge in [-0.05, 0) is 23.3 Å². The third-order valence-corrected chi connectivity index (χ3v) is 4.03. The van der Waals surface area contributed by atoms with E-state index in [1.807, 2.05) is 30.3 Å². The van der Waals surface area contributed by atoms with Crippen LogP contribution in [0.4, 0.5) is 5.69 Å². The van der Waals surface area contributed by atoms with E-state index in [0.29, 0.717) is 0 Å². The number of hydrogen-bond acceptors (Lipinski definition) is 4. The fourth-order valence-corrected chi connectivity index (χ4v) is 2.73. The first-order valence-electron chi connectivity index (χ1n) is 7.11. The topological polar surface area (TPSA) is 81.4 Å². The lowest BCUT2D eigenvalue weighted by molar-refractivity contribution is -0.148. The second-order valence-electron chi connectivity index (χ2n) is 4.98. The van der Waals surface area contributed by atoms with Crippen molar-refractivity contribution in [2.45, 2.75) is 0 Å². The Kier molecular flexibility index (Phi) is 6.20. The second-order valence-corrected chi connectivity index (χ2v) is 5.80. The number of amides is 1. The summed E-state index contributed by atoms with van der Waals surface area (Å²) in [5.74, 6) is -2.47. The van der Waals surface area contributed by atoms with Crippen molar-refractivity contribution in [1.29, 1.82) is 0 Å². The predicted octanol–water partition coefficient (Wildman–Crippen LogP) is 3.35. The van der Waals surface area contributed by atoms with Crippen molar-refractivity contribution < 1.29 is 14.3 Å². The maximum Gasteiger partial charge on any atom is 0.319 e. The zero-order valence-electron chi connectivity index (χ0n) is 12.9. The first kappa shape index (κ1) is 18.3. The van der Waals surface area contributed by atoms with Crippen LogP contribution in [0, 0.1) is 5.92 Å². The molecule has 2 aromatic carbocycles. The molecule has 3 N–H and O–H groups in total. The van der Waals surface area contributed by atoms with Gasteiger partial charge in [-0.2, -0.15) is 0 Å². The van der Waals surface area contributed by atoms with Gasteiger partial charge in [-0.1, -0.05) is 53.5 Å². The molecule has 0 aliphatic carbocycles. The number of hydrogen-bond donors (Lipinski definition) is 2. The van der Waals surface area contributed by atoms with Crippen molar-refractivity contribution in [3.8, 4) is 11.1 Å². The van der Waals surface area contributed by atoms with Crippen LogP contribution in [-0.4, -0.2) is 25.5 Å². The SMILES string of the molecule is COC(=O)[C@@H](CN)C(=O)Nc1c(Cl)cc(-c2ccccc2)cc1Cl. The number of benzene rings is 2. The van der Waals surface area contributed by atoms with Gasteiger partial charge in [-0.25, -0.2) is 0 Å². The van der Waals surface area contributed by atoms with Gasteiger partial charge in [0.1, 0.15) is 5.92 Å². The monoisotopic (exact) mass is 366 g/mol. The molecule has 0 aliphatic rings. The highest BCUT2D eigenvalue weighted by Gasteiger charge is 2.27. The molecular formula is C17H16Cl2N2O3. The van der Waals surface area contributed by atoms with E-state index in [-0.39, 0.29) is 22.3 Å². The summed E-state index contributed by atoms with van der Waals surface area (Å²) in [6.07, 6.45) is 0. The molecule has 24 heavy (non-hydrogen) atoms. The van der Waals surface area contributed by atoms with E-state index >= 15 is 0 Å². The first-order valence-corrected chi connectivity index (χ1v) is 7.86. The summed E-state index contributed by atoms with van der Waals surface area (Å²) in [7, 11) is 1.19. The number of nitrogens with two attached hydrogens (primary N) is 1. The highest BCUT2D eigenvalue weighted by Crippen LogP contribution is 2.35. The number of carbonyl (C=O) groups is 2. The molecule has 0 saturated heterocycles. The van der Waals surface area contributed by atoms with E-state index in [4.69, 9.17) is 28.9 Å². The van der Waals surface area contributed by atoms with E-state index in [9.17, 15) is 9.59 Å². The van der Waals surface area contributed by atoms with Gasteiger partial charge in [0.15, 0.2) is 0 Å². The lowest BCUT2D eigenvalue weighted by Crippen LogP contribution is -2.36. The molecule has 2 rings (SSSR count). The maximum absolute atomic E-state index is 12.2. The van der Waals surface area contributed by atoms with Crippen LogP contribution >= 0.6 is 23.2 Å². The minimum absolute atomic E-state index is 0.185. The lowest BCUT2D eigenvalue weighted by atomic mass is 10.0. The maximum atomic E-state index is 12.2. The summed E-state index contributed by atoms with van der Waals surface area (Å²) in [4.78, 5) is 23.7. The molecule has 0 heterocycles. The van der Waals surface area contributed by atoms with Crippen molar-refractivity contribution in [3.63, 3.8) is 0 Å². The number of ether oxygens (including phenoxy) is 1. The van der Waals surface area contributed by atoms with Crippen molar-refractivity contribution >= 4 is 40.8 Å². The van der Waals surface area contributed by atoms with Crippen molar-refractivity contribution in [3.05, 3.63) is 52.5 Å². The van der Waals surface area contributed by atoms with E-state index in [2.05, 4.69) is 10.1 Å². The predicted molar refractivity (Wildman–Crippen MR) is 95.1 cm³/mol. The molecule has 7 heteroatoms. The van der Waals surface area contributed by atoms with Crippen LogP contribution in [0.2, 0.25) is 10.0 Å². The van der Waals surface area contributed by atoms with Gasteiger partial charge in [0.25, 0.3) is 0 Å². The van der Waals surface area contributed by atoms with E-state index < -0.39 is 17.8 Å². The van der Waals surface area contributed by atoms with Crippen LogP contribution in [0.25, 0.3) is 11.1 Å². The Balaban J connectivity index is 2.29. The largest absolute Gasteiger partial charge is 0.468 e. The van der Waals surface area contributed by atoms with Crippen LogP contribution in [-0.2, 0) is 14.3 Å². The van der Waals surface area contributed by atoms with E-state index in [1.165, 1.54) is 7.11 Å². The lowest BCUT2D eigenvalue weighted by Gasteiger charge is -2.15. The molecule has 2 aromatic rings. The molecule has 0 radical (unpaired) electrons. The number of rotatable bonds is 5. The molecule has 0 aliphatic heterocycles. The third kappa shape index (κ3) is 4.06. The minimum Gasteiger partial charge on any atom is -0.468 e. The zero-order valence-corrected chi connectivity index (χ0v) is 14.4. The first-order chi connectivity index (χ1) is 11.5. The van der Waals surface area contributed by atoms with Gasteiger partial charge in [-0.15, -0.1) is 0 Å².